The highest BCUT2D eigenvalue weighted by molar-refractivity contribution is 5.90. The highest BCUT2D eigenvalue weighted by Crippen LogP contribution is 2.58. The number of hydrogen-bond donors (Lipinski definition) is 1. The molecule has 0 aromatic rings. The van der Waals surface area contributed by atoms with Gasteiger partial charge in [0.25, 0.3) is 0 Å². The van der Waals surface area contributed by atoms with Crippen LogP contribution in [0.15, 0.2) is 0 Å². The standard InChI is InChI=1S/C14H24O2/c1-9-5-10(2)8-14(7-9)11(3)6-12(15)13(14,4)16/h9-11,16H,5-8H2,1-4H3/t9-,10+,11-,13-,14?/m1/s1. The smallest absolute Gasteiger partial charge is 0.164 e. The van der Waals surface area contributed by atoms with E-state index in [9.17, 15) is 9.90 Å². The van der Waals surface area contributed by atoms with Gasteiger partial charge < -0.3 is 5.11 Å². The zero-order valence-electron chi connectivity index (χ0n) is 10.9. The molecule has 0 heterocycles. The molecule has 0 aromatic carbocycles. The van der Waals surface area contributed by atoms with Crippen LogP contribution in [-0.2, 0) is 4.79 Å². The summed E-state index contributed by atoms with van der Waals surface area (Å²) < 4.78 is 0. The molecule has 16 heavy (non-hydrogen) atoms. The van der Waals surface area contributed by atoms with E-state index in [0.717, 1.165) is 12.8 Å². The number of hydrogen-bond acceptors (Lipinski definition) is 2. The summed E-state index contributed by atoms with van der Waals surface area (Å²) in [5.41, 5.74) is -1.24. The summed E-state index contributed by atoms with van der Waals surface area (Å²) in [6, 6.07) is 0. The topological polar surface area (TPSA) is 37.3 Å². The lowest BCUT2D eigenvalue weighted by atomic mass is 9.57. The lowest BCUT2D eigenvalue weighted by Gasteiger charge is -2.49. The van der Waals surface area contributed by atoms with E-state index in [1.165, 1.54) is 6.42 Å². The molecule has 92 valence electrons. The van der Waals surface area contributed by atoms with E-state index in [1.54, 1.807) is 6.92 Å². The number of rotatable bonds is 0. The van der Waals surface area contributed by atoms with Crippen LogP contribution in [0.5, 0.6) is 0 Å². The van der Waals surface area contributed by atoms with E-state index in [2.05, 4.69) is 20.8 Å². The molecule has 0 radical (unpaired) electrons. The third-order valence-corrected chi connectivity index (χ3v) is 5.18. The maximum Gasteiger partial charge on any atom is 0.164 e. The van der Waals surface area contributed by atoms with Crippen LogP contribution in [0.2, 0.25) is 0 Å². The first kappa shape index (κ1) is 12.1. The summed E-state index contributed by atoms with van der Waals surface area (Å²) >= 11 is 0. The van der Waals surface area contributed by atoms with Crippen LogP contribution in [0.3, 0.4) is 0 Å². The minimum atomic E-state index is -1.09. The predicted octanol–water partition coefficient (Wildman–Crippen LogP) is 2.79. The third-order valence-electron chi connectivity index (χ3n) is 5.18. The van der Waals surface area contributed by atoms with Crippen molar-refractivity contribution in [3.05, 3.63) is 0 Å². The molecule has 1 N–H and O–H groups in total. The average molecular weight is 224 g/mol. The van der Waals surface area contributed by atoms with Crippen LogP contribution >= 0.6 is 0 Å². The van der Waals surface area contributed by atoms with Gasteiger partial charge in [-0.2, -0.15) is 0 Å². The van der Waals surface area contributed by atoms with Gasteiger partial charge in [-0.3, -0.25) is 4.79 Å². The fraction of sp³-hybridized carbons (Fsp3) is 0.929. The minimum Gasteiger partial charge on any atom is -0.382 e. The second-order valence-corrected chi connectivity index (χ2v) is 6.61. The number of aliphatic hydroxyl groups is 1. The Labute approximate surface area is 98.4 Å². The molecule has 2 aliphatic carbocycles. The molecule has 2 rings (SSSR count). The molecule has 2 heteroatoms. The lowest BCUT2D eigenvalue weighted by molar-refractivity contribution is -0.148. The Hall–Kier alpha value is -0.370. The summed E-state index contributed by atoms with van der Waals surface area (Å²) in [6.45, 7) is 8.40. The number of carbonyl (C=O) groups excluding carboxylic acids is 1. The van der Waals surface area contributed by atoms with E-state index in [-0.39, 0.29) is 11.2 Å². The zero-order chi connectivity index (χ0) is 12.1. The molecule has 1 unspecified atom stereocenters. The first-order chi connectivity index (χ1) is 7.29. The van der Waals surface area contributed by atoms with Gasteiger partial charge in [-0.25, -0.2) is 0 Å². The Morgan fingerprint density at radius 3 is 2.06 bits per heavy atom. The van der Waals surface area contributed by atoms with Gasteiger partial charge in [0.1, 0.15) is 5.60 Å². The van der Waals surface area contributed by atoms with Crippen molar-refractivity contribution >= 4 is 5.78 Å². The Morgan fingerprint density at radius 2 is 1.69 bits per heavy atom. The summed E-state index contributed by atoms with van der Waals surface area (Å²) in [4.78, 5) is 11.9. The van der Waals surface area contributed by atoms with Gasteiger partial charge in [0.15, 0.2) is 5.78 Å². The first-order valence-electron chi connectivity index (χ1n) is 6.55. The van der Waals surface area contributed by atoms with Crippen molar-refractivity contribution in [1.82, 2.24) is 0 Å². The molecule has 2 nitrogen and oxygen atoms in total. The van der Waals surface area contributed by atoms with E-state index < -0.39 is 5.60 Å². The van der Waals surface area contributed by atoms with E-state index in [1.807, 2.05) is 0 Å². The molecule has 1 spiro atoms. The van der Waals surface area contributed by atoms with Gasteiger partial charge in [0.2, 0.25) is 0 Å². The number of Topliss-reactive ketones (excluding diaryl/α,β-unsaturated/α-hetero) is 1. The van der Waals surface area contributed by atoms with Gasteiger partial charge >= 0.3 is 0 Å². The van der Waals surface area contributed by atoms with Crippen molar-refractivity contribution in [2.45, 2.75) is 59.0 Å². The molecule has 0 aromatic heterocycles. The zero-order valence-corrected chi connectivity index (χ0v) is 10.9. The summed E-state index contributed by atoms with van der Waals surface area (Å²) in [5.74, 6) is 1.65. The largest absolute Gasteiger partial charge is 0.382 e. The van der Waals surface area contributed by atoms with Gasteiger partial charge in [-0.15, -0.1) is 0 Å². The molecular weight excluding hydrogens is 200 g/mol. The normalized spacial score (nSPS) is 53.6. The summed E-state index contributed by atoms with van der Waals surface area (Å²) in [5, 5.41) is 10.6. The molecule has 0 aliphatic heterocycles. The van der Waals surface area contributed by atoms with Crippen LogP contribution in [0.4, 0.5) is 0 Å². The number of carbonyl (C=O) groups is 1. The molecule has 2 fully saturated rings. The molecule has 0 amide bonds. The van der Waals surface area contributed by atoms with Crippen LogP contribution in [0.25, 0.3) is 0 Å². The van der Waals surface area contributed by atoms with Crippen molar-refractivity contribution in [2.75, 3.05) is 0 Å². The molecular formula is C14H24O2. The van der Waals surface area contributed by atoms with Crippen molar-refractivity contribution in [2.24, 2.45) is 23.2 Å². The third kappa shape index (κ3) is 1.46. The summed E-state index contributed by atoms with van der Waals surface area (Å²) in [6.07, 6.45) is 3.82. The van der Waals surface area contributed by atoms with Crippen LogP contribution in [-0.4, -0.2) is 16.5 Å². The SMILES string of the molecule is C[C@@H]1C[C@H](C)CC2(C1)[C@H](C)CC(=O)[C@@]2(C)O. The maximum atomic E-state index is 11.9. The second kappa shape index (κ2) is 3.56. The average Bonchev–Trinajstić information content (AvgIpc) is 2.27. The first-order valence-corrected chi connectivity index (χ1v) is 6.55. The molecule has 0 saturated heterocycles. The van der Waals surface area contributed by atoms with E-state index in [4.69, 9.17) is 0 Å². The van der Waals surface area contributed by atoms with Gasteiger partial charge in [-0.1, -0.05) is 20.8 Å². The van der Waals surface area contributed by atoms with Crippen LogP contribution in [0, 0.1) is 23.2 Å². The molecule has 0 bridgehead atoms. The van der Waals surface area contributed by atoms with E-state index >= 15 is 0 Å². The van der Waals surface area contributed by atoms with Crippen molar-refractivity contribution in [1.29, 1.82) is 0 Å². The highest BCUT2D eigenvalue weighted by atomic mass is 16.3. The van der Waals surface area contributed by atoms with Gasteiger partial charge in [-0.05, 0) is 43.9 Å². The molecule has 2 aliphatic rings. The second-order valence-electron chi connectivity index (χ2n) is 6.61. The van der Waals surface area contributed by atoms with E-state index in [0.29, 0.717) is 24.2 Å². The van der Waals surface area contributed by atoms with Gasteiger partial charge in [0.05, 0.1) is 0 Å². The fourth-order valence-electron chi connectivity index (χ4n) is 4.41. The predicted molar refractivity (Wildman–Crippen MR) is 64.0 cm³/mol. The molecule has 2 saturated carbocycles. The summed E-state index contributed by atoms with van der Waals surface area (Å²) in [7, 11) is 0. The van der Waals surface area contributed by atoms with Crippen LogP contribution < -0.4 is 0 Å². The Kier molecular flexibility index (Phi) is 2.69. The Balaban J connectivity index is 2.38. The molecule has 5 atom stereocenters. The van der Waals surface area contributed by atoms with Gasteiger partial charge in [0, 0.05) is 11.8 Å². The van der Waals surface area contributed by atoms with Crippen LogP contribution in [0.1, 0.15) is 53.4 Å². The maximum absolute atomic E-state index is 11.9. The minimum absolute atomic E-state index is 0.0568. The lowest BCUT2D eigenvalue weighted by Crippen LogP contribution is -2.51. The van der Waals surface area contributed by atoms with Crippen molar-refractivity contribution in [3.63, 3.8) is 0 Å². The fourth-order valence-corrected chi connectivity index (χ4v) is 4.41. The quantitative estimate of drug-likeness (QED) is 0.687. The number of ketones is 1. The highest BCUT2D eigenvalue weighted by Gasteiger charge is 2.61. The Bertz CT molecular complexity index is 296. The monoisotopic (exact) mass is 224 g/mol. The van der Waals surface area contributed by atoms with Crippen molar-refractivity contribution < 1.29 is 9.90 Å². The van der Waals surface area contributed by atoms with Crippen molar-refractivity contribution in [3.8, 4) is 0 Å². The Morgan fingerprint density at radius 1 is 1.19 bits per heavy atom.